The van der Waals surface area contributed by atoms with Gasteiger partial charge in [0, 0.05) is 19.6 Å². The number of halogens is 1. The van der Waals surface area contributed by atoms with Gasteiger partial charge >= 0.3 is 0 Å². The zero-order valence-corrected chi connectivity index (χ0v) is 13.8. The van der Waals surface area contributed by atoms with Crippen LogP contribution in [0, 0.1) is 0 Å². The van der Waals surface area contributed by atoms with E-state index in [4.69, 9.17) is 11.6 Å². The Morgan fingerprint density at radius 3 is 2.76 bits per heavy atom. The predicted octanol–water partition coefficient (Wildman–Crippen LogP) is 3.29. The minimum atomic E-state index is -0.528. The molecule has 2 N–H and O–H groups in total. The molecule has 0 saturated heterocycles. The SMILES string of the molecule is CCCNc1ccc(Cl)c(CN(C)CC2(O)CCCC2)n1. The third-order valence-electron chi connectivity index (χ3n) is 3.99. The van der Waals surface area contributed by atoms with Gasteiger partial charge in [0.25, 0.3) is 0 Å². The number of nitrogens with one attached hydrogen (secondary N) is 1. The second-order valence-electron chi connectivity index (χ2n) is 6.16. The fraction of sp³-hybridized carbons (Fsp3) is 0.688. The van der Waals surface area contributed by atoms with Crippen LogP contribution in [0.25, 0.3) is 0 Å². The summed E-state index contributed by atoms with van der Waals surface area (Å²) in [6, 6.07) is 3.80. The van der Waals surface area contributed by atoms with Crippen LogP contribution in [-0.4, -0.2) is 40.7 Å². The number of pyridine rings is 1. The Hall–Kier alpha value is -0.840. The summed E-state index contributed by atoms with van der Waals surface area (Å²) in [5.74, 6) is 0.865. The third-order valence-corrected chi connectivity index (χ3v) is 4.34. The van der Waals surface area contributed by atoms with Gasteiger partial charge in [-0.15, -0.1) is 0 Å². The van der Waals surface area contributed by atoms with E-state index in [1.54, 1.807) is 0 Å². The second-order valence-corrected chi connectivity index (χ2v) is 6.56. The van der Waals surface area contributed by atoms with E-state index in [-0.39, 0.29) is 0 Å². The van der Waals surface area contributed by atoms with Gasteiger partial charge in [-0.25, -0.2) is 4.98 Å². The minimum absolute atomic E-state index is 0.528. The van der Waals surface area contributed by atoms with Gasteiger partial charge < -0.3 is 10.4 Å². The molecule has 1 aliphatic rings. The molecular weight excluding hydrogens is 286 g/mol. The highest BCUT2D eigenvalue weighted by atomic mass is 35.5. The third kappa shape index (κ3) is 4.83. The van der Waals surface area contributed by atoms with Crippen molar-refractivity contribution in [2.45, 2.75) is 51.2 Å². The molecule has 2 rings (SSSR count). The molecule has 0 amide bonds. The number of nitrogens with zero attached hydrogens (tertiary/aromatic N) is 2. The Morgan fingerprint density at radius 2 is 2.10 bits per heavy atom. The van der Waals surface area contributed by atoms with Crippen LogP contribution < -0.4 is 5.32 Å². The molecule has 118 valence electrons. The number of hydrogen-bond acceptors (Lipinski definition) is 4. The van der Waals surface area contributed by atoms with Gasteiger partial charge in [0.2, 0.25) is 0 Å². The highest BCUT2D eigenvalue weighted by molar-refractivity contribution is 6.31. The summed E-state index contributed by atoms with van der Waals surface area (Å²) in [5, 5.41) is 14.4. The summed E-state index contributed by atoms with van der Waals surface area (Å²) in [7, 11) is 2.01. The lowest BCUT2D eigenvalue weighted by atomic mass is 10.0. The number of anilines is 1. The summed E-state index contributed by atoms with van der Waals surface area (Å²) in [6.07, 6.45) is 5.11. The van der Waals surface area contributed by atoms with Crippen LogP contribution in [0.3, 0.4) is 0 Å². The monoisotopic (exact) mass is 311 g/mol. The first-order chi connectivity index (χ1) is 10.0. The molecule has 1 aromatic heterocycles. The lowest BCUT2D eigenvalue weighted by Crippen LogP contribution is -2.39. The maximum atomic E-state index is 10.5. The first-order valence-electron chi connectivity index (χ1n) is 7.83. The Kier molecular flexibility index (Phi) is 5.85. The maximum Gasteiger partial charge on any atom is 0.126 e. The van der Waals surface area contributed by atoms with Crippen molar-refractivity contribution in [3.05, 3.63) is 22.8 Å². The average molecular weight is 312 g/mol. The molecule has 0 spiro atoms. The largest absolute Gasteiger partial charge is 0.389 e. The van der Waals surface area contributed by atoms with Gasteiger partial charge in [0.05, 0.1) is 16.3 Å². The maximum absolute atomic E-state index is 10.5. The summed E-state index contributed by atoms with van der Waals surface area (Å²) < 4.78 is 0. The first-order valence-corrected chi connectivity index (χ1v) is 8.20. The van der Waals surface area contributed by atoms with Crippen molar-refractivity contribution >= 4 is 17.4 Å². The van der Waals surface area contributed by atoms with E-state index in [0.29, 0.717) is 18.1 Å². The van der Waals surface area contributed by atoms with Gasteiger partial charge in [0.1, 0.15) is 5.82 Å². The van der Waals surface area contributed by atoms with Gasteiger partial charge in [0.15, 0.2) is 0 Å². The lowest BCUT2D eigenvalue weighted by molar-refractivity contribution is 0.0143. The minimum Gasteiger partial charge on any atom is -0.389 e. The van der Waals surface area contributed by atoms with Crippen molar-refractivity contribution in [1.82, 2.24) is 9.88 Å². The smallest absolute Gasteiger partial charge is 0.126 e. The Bertz CT molecular complexity index is 461. The quantitative estimate of drug-likeness (QED) is 0.811. The molecule has 0 bridgehead atoms. The Balaban J connectivity index is 1.97. The molecule has 1 heterocycles. The summed E-state index contributed by atoms with van der Waals surface area (Å²) in [4.78, 5) is 6.69. The van der Waals surface area contributed by atoms with E-state index in [0.717, 1.165) is 50.2 Å². The van der Waals surface area contributed by atoms with E-state index in [1.165, 1.54) is 0 Å². The molecule has 1 aromatic rings. The number of hydrogen-bond donors (Lipinski definition) is 2. The predicted molar refractivity (Wildman–Crippen MR) is 87.8 cm³/mol. The summed E-state index contributed by atoms with van der Waals surface area (Å²) in [5.41, 5.74) is 0.334. The van der Waals surface area contributed by atoms with Crippen molar-refractivity contribution in [2.24, 2.45) is 0 Å². The van der Waals surface area contributed by atoms with Crippen molar-refractivity contribution in [1.29, 1.82) is 0 Å². The van der Waals surface area contributed by atoms with E-state index < -0.39 is 5.60 Å². The second kappa shape index (κ2) is 7.43. The average Bonchev–Trinajstić information content (AvgIpc) is 2.85. The molecule has 1 fully saturated rings. The summed E-state index contributed by atoms with van der Waals surface area (Å²) >= 11 is 6.25. The van der Waals surface area contributed by atoms with Crippen LogP contribution in [0.15, 0.2) is 12.1 Å². The van der Waals surface area contributed by atoms with E-state index in [2.05, 4.69) is 22.1 Å². The van der Waals surface area contributed by atoms with Crippen LogP contribution in [0.1, 0.15) is 44.7 Å². The lowest BCUT2D eigenvalue weighted by Gasteiger charge is -2.28. The van der Waals surface area contributed by atoms with Gasteiger partial charge in [-0.2, -0.15) is 0 Å². The normalized spacial score (nSPS) is 17.4. The first kappa shape index (κ1) is 16.5. The zero-order valence-electron chi connectivity index (χ0n) is 13.0. The topological polar surface area (TPSA) is 48.4 Å². The standard InChI is InChI=1S/C16H26ClN3O/c1-3-10-18-15-7-6-13(17)14(19-15)11-20(2)12-16(21)8-4-5-9-16/h6-7,21H,3-5,8-12H2,1-2H3,(H,18,19). The Morgan fingerprint density at radius 1 is 1.38 bits per heavy atom. The van der Waals surface area contributed by atoms with E-state index >= 15 is 0 Å². The van der Waals surface area contributed by atoms with E-state index in [1.807, 2.05) is 19.2 Å². The molecule has 0 atom stereocenters. The zero-order chi connectivity index (χ0) is 15.3. The van der Waals surface area contributed by atoms with Crippen LogP contribution in [0.2, 0.25) is 5.02 Å². The molecule has 0 radical (unpaired) electrons. The highest BCUT2D eigenvalue weighted by Gasteiger charge is 2.32. The molecular formula is C16H26ClN3O. The molecule has 21 heavy (non-hydrogen) atoms. The van der Waals surface area contributed by atoms with Gasteiger partial charge in [-0.1, -0.05) is 31.4 Å². The Labute approximate surface area is 132 Å². The van der Waals surface area contributed by atoms with Crippen LogP contribution >= 0.6 is 11.6 Å². The van der Waals surface area contributed by atoms with Crippen LogP contribution in [-0.2, 0) is 6.54 Å². The van der Waals surface area contributed by atoms with Crippen molar-refractivity contribution in [3.8, 4) is 0 Å². The number of rotatable bonds is 7. The van der Waals surface area contributed by atoms with Crippen LogP contribution in [0.4, 0.5) is 5.82 Å². The van der Waals surface area contributed by atoms with E-state index in [9.17, 15) is 5.11 Å². The highest BCUT2D eigenvalue weighted by Crippen LogP contribution is 2.30. The van der Waals surface area contributed by atoms with Crippen molar-refractivity contribution in [2.75, 3.05) is 25.5 Å². The van der Waals surface area contributed by atoms with Crippen molar-refractivity contribution in [3.63, 3.8) is 0 Å². The van der Waals surface area contributed by atoms with Crippen molar-refractivity contribution < 1.29 is 5.11 Å². The number of aromatic nitrogens is 1. The molecule has 1 saturated carbocycles. The molecule has 0 unspecified atom stereocenters. The van der Waals surface area contributed by atoms with Gasteiger partial charge in [-0.3, -0.25) is 4.90 Å². The number of likely N-dealkylation sites (N-methyl/N-ethyl adjacent to an activating group) is 1. The molecule has 1 aliphatic carbocycles. The summed E-state index contributed by atoms with van der Waals surface area (Å²) in [6.45, 7) is 4.37. The molecule has 0 aromatic carbocycles. The molecule has 0 aliphatic heterocycles. The molecule has 4 nitrogen and oxygen atoms in total. The molecule has 5 heteroatoms. The van der Waals surface area contributed by atoms with Crippen LogP contribution in [0.5, 0.6) is 0 Å². The van der Waals surface area contributed by atoms with Gasteiger partial charge in [-0.05, 0) is 38.4 Å². The number of aliphatic hydroxyl groups is 1. The fourth-order valence-electron chi connectivity index (χ4n) is 2.95. The fourth-order valence-corrected chi connectivity index (χ4v) is 3.12.